The van der Waals surface area contributed by atoms with Crippen LogP contribution in [0, 0.1) is 0 Å². The number of fused-ring (bicyclic) bond motifs is 1. The van der Waals surface area contributed by atoms with Crippen molar-refractivity contribution in [3.63, 3.8) is 0 Å². The van der Waals surface area contributed by atoms with Gasteiger partial charge in [-0.25, -0.2) is 4.57 Å². The monoisotopic (exact) mass is 235 g/mol. The second-order valence-electron chi connectivity index (χ2n) is 3.70. The zero-order valence-corrected chi connectivity index (χ0v) is 10.3. The van der Waals surface area contributed by atoms with Gasteiger partial charge in [-0.3, -0.25) is 5.09 Å². The van der Waals surface area contributed by atoms with E-state index in [1.54, 1.807) is 6.07 Å². The van der Waals surface area contributed by atoms with Crippen LogP contribution in [0.15, 0.2) is 41.4 Å². The van der Waals surface area contributed by atoms with Gasteiger partial charge >= 0.3 is 7.52 Å². The third-order valence-electron chi connectivity index (χ3n) is 2.41. The second kappa shape index (κ2) is 4.21. The normalized spacial score (nSPS) is 21.4. The van der Waals surface area contributed by atoms with Crippen LogP contribution in [0.4, 0.5) is 5.69 Å². The lowest BCUT2D eigenvalue weighted by molar-refractivity contribution is 0.507. The SMILES string of the molecule is CCC(C)=C=CP1(=O)Nc2ccccc2O1. The van der Waals surface area contributed by atoms with Crippen molar-refractivity contribution in [3.05, 3.63) is 41.4 Å². The van der Waals surface area contributed by atoms with Crippen molar-refractivity contribution in [1.82, 2.24) is 0 Å². The Morgan fingerprint density at radius 1 is 1.56 bits per heavy atom. The van der Waals surface area contributed by atoms with Crippen LogP contribution < -0.4 is 9.61 Å². The van der Waals surface area contributed by atoms with Crippen LogP contribution >= 0.6 is 7.52 Å². The van der Waals surface area contributed by atoms with E-state index in [1.165, 1.54) is 5.82 Å². The maximum atomic E-state index is 12.2. The summed E-state index contributed by atoms with van der Waals surface area (Å²) in [5, 5.41) is 2.89. The zero-order valence-electron chi connectivity index (χ0n) is 9.36. The van der Waals surface area contributed by atoms with Gasteiger partial charge in [-0.05, 0) is 31.1 Å². The molecule has 16 heavy (non-hydrogen) atoms. The molecule has 0 radical (unpaired) electrons. The van der Waals surface area contributed by atoms with Gasteiger partial charge in [-0.2, -0.15) is 0 Å². The van der Waals surface area contributed by atoms with E-state index in [-0.39, 0.29) is 0 Å². The molecule has 1 unspecified atom stereocenters. The third-order valence-corrected chi connectivity index (χ3v) is 3.90. The van der Waals surface area contributed by atoms with E-state index < -0.39 is 7.52 Å². The van der Waals surface area contributed by atoms with Gasteiger partial charge < -0.3 is 4.52 Å². The molecule has 0 saturated carbocycles. The van der Waals surface area contributed by atoms with Crippen LogP contribution in [0.1, 0.15) is 20.3 Å². The molecule has 1 aromatic carbocycles. The lowest BCUT2D eigenvalue weighted by atomic mass is 10.3. The third kappa shape index (κ3) is 2.21. The molecule has 1 aliphatic rings. The van der Waals surface area contributed by atoms with E-state index in [0.717, 1.165) is 17.7 Å². The highest BCUT2D eigenvalue weighted by molar-refractivity contribution is 7.64. The summed E-state index contributed by atoms with van der Waals surface area (Å²) in [6, 6.07) is 7.38. The molecule has 2 rings (SSSR count). The minimum atomic E-state index is -2.93. The lowest BCUT2D eigenvalue weighted by Gasteiger charge is -2.04. The maximum Gasteiger partial charge on any atom is 0.372 e. The first kappa shape index (κ1) is 11.1. The first-order valence-electron chi connectivity index (χ1n) is 5.23. The Labute approximate surface area is 95.3 Å². The highest BCUT2D eigenvalue weighted by atomic mass is 31.2. The molecule has 0 fully saturated rings. The van der Waals surface area contributed by atoms with Crippen molar-refractivity contribution in [1.29, 1.82) is 0 Å². The summed E-state index contributed by atoms with van der Waals surface area (Å²) < 4.78 is 17.6. The number of rotatable bonds is 2. The van der Waals surface area contributed by atoms with Crippen molar-refractivity contribution in [2.45, 2.75) is 20.3 Å². The number of anilines is 1. The Morgan fingerprint density at radius 2 is 2.31 bits per heavy atom. The number of allylic oxidation sites excluding steroid dienone is 1. The van der Waals surface area contributed by atoms with E-state index >= 15 is 0 Å². The summed E-state index contributed by atoms with van der Waals surface area (Å²) in [4.78, 5) is 0. The summed E-state index contributed by atoms with van der Waals surface area (Å²) >= 11 is 0. The molecule has 84 valence electrons. The zero-order chi connectivity index (χ0) is 11.6. The van der Waals surface area contributed by atoms with Gasteiger partial charge in [0.1, 0.15) is 0 Å². The summed E-state index contributed by atoms with van der Waals surface area (Å²) in [6.45, 7) is 3.98. The Morgan fingerprint density at radius 3 is 3.00 bits per heavy atom. The smallest absolute Gasteiger partial charge is 0.372 e. The van der Waals surface area contributed by atoms with Crippen LogP contribution in [-0.2, 0) is 4.57 Å². The maximum absolute atomic E-state index is 12.2. The molecule has 0 bridgehead atoms. The summed E-state index contributed by atoms with van der Waals surface area (Å²) in [6.07, 6.45) is 0.892. The summed E-state index contributed by atoms with van der Waals surface area (Å²) in [5.41, 5.74) is 4.82. The van der Waals surface area contributed by atoms with E-state index in [4.69, 9.17) is 4.52 Å². The molecule has 1 heterocycles. The van der Waals surface area contributed by atoms with Gasteiger partial charge in [-0.1, -0.05) is 19.1 Å². The first-order chi connectivity index (χ1) is 7.63. The van der Waals surface area contributed by atoms with Gasteiger partial charge in [0.2, 0.25) is 0 Å². The number of benzene rings is 1. The van der Waals surface area contributed by atoms with E-state index in [1.807, 2.05) is 32.0 Å². The fraction of sp³-hybridized carbons (Fsp3) is 0.250. The Hall–Kier alpha value is -1.43. The molecule has 1 aromatic rings. The van der Waals surface area contributed by atoms with Crippen molar-refractivity contribution >= 4 is 13.2 Å². The molecule has 0 aromatic heterocycles. The first-order valence-corrected chi connectivity index (χ1v) is 6.92. The van der Waals surface area contributed by atoms with Crippen molar-refractivity contribution < 1.29 is 9.09 Å². The molecule has 0 saturated heterocycles. The van der Waals surface area contributed by atoms with E-state index in [2.05, 4.69) is 10.8 Å². The Balaban J connectivity index is 2.28. The number of nitrogens with one attached hydrogen (secondary N) is 1. The van der Waals surface area contributed by atoms with Gasteiger partial charge in [0, 0.05) is 0 Å². The highest BCUT2D eigenvalue weighted by Gasteiger charge is 2.30. The largest absolute Gasteiger partial charge is 0.424 e. The van der Waals surface area contributed by atoms with Crippen molar-refractivity contribution in [3.8, 4) is 5.75 Å². The minimum absolute atomic E-state index is 0.637. The number of hydrogen-bond donors (Lipinski definition) is 1. The summed E-state index contributed by atoms with van der Waals surface area (Å²) in [5.74, 6) is 2.14. The molecular weight excluding hydrogens is 221 g/mol. The predicted octanol–water partition coefficient (Wildman–Crippen LogP) is 4.15. The quantitative estimate of drug-likeness (QED) is 0.618. The second-order valence-corrected chi connectivity index (χ2v) is 5.56. The molecule has 0 aliphatic carbocycles. The molecule has 1 atom stereocenters. The summed E-state index contributed by atoms with van der Waals surface area (Å²) in [7, 11) is -2.93. The Kier molecular flexibility index (Phi) is 2.91. The highest BCUT2D eigenvalue weighted by Crippen LogP contribution is 2.56. The molecule has 3 nitrogen and oxygen atoms in total. The van der Waals surface area contributed by atoms with Gasteiger partial charge in [0.25, 0.3) is 0 Å². The van der Waals surface area contributed by atoms with Crippen LogP contribution in [0.3, 0.4) is 0 Å². The molecule has 0 amide bonds. The predicted molar refractivity (Wildman–Crippen MR) is 65.9 cm³/mol. The van der Waals surface area contributed by atoms with Crippen LogP contribution in [0.25, 0.3) is 0 Å². The van der Waals surface area contributed by atoms with Crippen molar-refractivity contribution in [2.24, 2.45) is 0 Å². The lowest BCUT2D eigenvalue weighted by Crippen LogP contribution is -1.89. The number of para-hydroxylation sites is 2. The average Bonchev–Trinajstić information content (AvgIpc) is 2.62. The topological polar surface area (TPSA) is 38.3 Å². The van der Waals surface area contributed by atoms with E-state index in [0.29, 0.717) is 5.75 Å². The van der Waals surface area contributed by atoms with Crippen LogP contribution in [0.5, 0.6) is 5.75 Å². The van der Waals surface area contributed by atoms with Crippen LogP contribution in [-0.4, -0.2) is 0 Å². The van der Waals surface area contributed by atoms with E-state index in [9.17, 15) is 4.57 Å². The fourth-order valence-corrected chi connectivity index (χ4v) is 2.86. The molecule has 4 heteroatoms. The van der Waals surface area contributed by atoms with Gasteiger partial charge in [0.05, 0.1) is 11.5 Å². The molecule has 1 N–H and O–H groups in total. The van der Waals surface area contributed by atoms with Crippen LogP contribution in [0.2, 0.25) is 0 Å². The fourth-order valence-electron chi connectivity index (χ4n) is 1.33. The minimum Gasteiger partial charge on any atom is -0.424 e. The molecular formula is C12H14NO2P. The number of hydrogen-bond acceptors (Lipinski definition) is 2. The standard InChI is InChI=1S/C12H14NO2P/c1-3-10(2)8-9-16(14)13-11-6-4-5-7-12(11)15-16/h4-7,9H,3H2,1-2H3,(H,13,14). The van der Waals surface area contributed by atoms with Crippen molar-refractivity contribution in [2.75, 3.05) is 5.09 Å². The molecule has 1 aliphatic heterocycles. The average molecular weight is 235 g/mol. The molecule has 0 spiro atoms. The van der Waals surface area contributed by atoms with Gasteiger partial charge in [0.15, 0.2) is 5.75 Å². The van der Waals surface area contributed by atoms with Gasteiger partial charge in [-0.15, -0.1) is 5.73 Å². The Bertz CT molecular complexity index is 487.